The average molecular weight is 135 g/mol. The second-order valence-electron chi connectivity index (χ2n) is 1.95. The Labute approximate surface area is 59.4 Å². The fraction of sp³-hybridized carbons (Fsp3) is 0. The van der Waals surface area contributed by atoms with Crippen LogP contribution in [0.3, 0.4) is 0 Å². The Bertz CT molecular complexity index is 255. The molecule has 0 aromatic carbocycles. The Morgan fingerprint density at radius 3 is 2.70 bits per heavy atom. The molecule has 0 radical (unpaired) electrons. The SMILES string of the molecule is C=Cc1cc(N)cnc1N. The first-order valence-corrected chi connectivity index (χ1v) is 2.87. The lowest BCUT2D eigenvalue weighted by Gasteiger charge is -1.98. The number of aromatic nitrogens is 1. The maximum Gasteiger partial charge on any atom is 0.130 e. The molecule has 1 heterocycles. The van der Waals surface area contributed by atoms with E-state index in [9.17, 15) is 0 Å². The first-order valence-electron chi connectivity index (χ1n) is 2.87. The van der Waals surface area contributed by atoms with E-state index in [4.69, 9.17) is 11.5 Å². The van der Waals surface area contributed by atoms with Gasteiger partial charge in [-0.1, -0.05) is 12.7 Å². The maximum absolute atomic E-state index is 5.46. The average Bonchev–Trinajstić information content (AvgIpc) is 1.94. The van der Waals surface area contributed by atoms with E-state index in [-0.39, 0.29) is 0 Å². The van der Waals surface area contributed by atoms with Gasteiger partial charge in [-0.2, -0.15) is 0 Å². The van der Waals surface area contributed by atoms with Crippen LogP contribution in [0.2, 0.25) is 0 Å². The number of nitrogen functional groups attached to an aromatic ring is 2. The van der Waals surface area contributed by atoms with Gasteiger partial charge in [-0.05, 0) is 6.07 Å². The summed E-state index contributed by atoms with van der Waals surface area (Å²) in [7, 11) is 0. The minimum atomic E-state index is 0.462. The summed E-state index contributed by atoms with van der Waals surface area (Å²) in [5, 5.41) is 0. The van der Waals surface area contributed by atoms with E-state index < -0.39 is 0 Å². The van der Waals surface area contributed by atoms with Gasteiger partial charge in [0, 0.05) is 5.56 Å². The van der Waals surface area contributed by atoms with Crippen molar-refractivity contribution in [1.29, 1.82) is 0 Å². The predicted molar refractivity (Wildman–Crippen MR) is 43.2 cm³/mol. The van der Waals surface area contributed by atoms with Crippen molar-refractivity contribution in [2.45, 2.75) is 0 Å². The van der Waals surface area contributed by atoms with E-state index in [1.807, 2.05) is 0 Å². The predicted octanol–water partition coefficient (Wildman–Crippen LogP) is 0.889. The van der Waals surface area contributed by atoms with Crippen LogP contribution in [-0.4, -0.2) is 4.98 Å². The zero-order chi connectivity index (χ0) is 7.56. The number of nitrogens with zero attached hydrogens (tertiary/aromatic N) is 1. The molecule has 4 N–H and O–H groups in total. The van der Waals surface area contributed by atoms with Crippen LogP contribution < -0.4 is 11.5 Å². The Hall–Kier alpha value is -1.51. The first kappa shape index (κ1) is 6.61. The van der Waals surface area contributed by atoms with Crippen molar-refractivity contribution in [1.82, 2.24) is 4.98 Å². The lowest BCUT2D eigenvalue weighted by atomic mass is 10.2. The second-order valence-corrected chi connectivity index (χ2v) is 1.95. The summed E-state index contributed by atoms with van der Waals surface area (Å²) in [6.07, 6.45) is 3.14. The van der Waals surface area contributed by atoms with Crippen molar-refractivity contribution in [2.75, 3.05) is 11.5 Å². The number of hydrogen-bond donors (Lipinski definition) is 2. The summed E-state index contributed by atoms with van der Waals surface area (Å²) in [4.78, 5) is 3.83. The summed E-state index contributed by atoms with van der Waals surface area (Å²) in [6, 6.07) is 1.73. The summed E-state index contributed by atoms with van der Waals surface area (Å²) < 4.78 is 0. The minimum absolute atomic E-state index is 0.462. The topological polar surface area (TPSA) is 64.9 Å². The Morgan fingerprint density at radius 1 is 1.50 bits per heavy atom. The smallest absolute Gasteiger partial charge is 0.130 e. The largest absolute Gasteiger partial charge is 0.397 e. The van der Waals surface area contributed by atoms with Crippen LogP contribution in [-0.2, 0) is 0 Å². The molecule has 0 aliphatic rings. The third-order valence-corrected chi connectivity index (χ3v) is 1.19. The van der Waals surface area contributed by atoms with Crippen LogP contribution in [0.25, 0.3) is 6.08 Å². The monoisotopic (exact) mass is 135 g/mol. The fourth-order valence-corrected chi connectivity index (χ4v) is 0.673. The summed E-state index contributed by atoms with van der Waals surface area (Å²) >= 11 is 0. The van der Waals surface area contributed by atoms with Gasteiger partial charge in [0.2, 0.25) is 0 Å². The van der Waals surface area contributed by atoms with Gasteiger partial charge in [-0.25, -0.2) is 4.98 Å². The number of rotatable bonds is 1. The van der Waals surface area contributed by atoms with Crippen molar-refractivity contribution >= 4 is 17.6 Å². The lowest BCUT2D eigenvalue weighted by Crippen LogP contribution is -1.95. The van der Waals surface area contributed by atoms with Crippen LogP contribution in [0, 0.1) is 0 Å². The van der Waals surface area contributed by atoms with Crippen LogP contribution in [0.4, 0.5) is 11.5 Å². The summed E-state index contributed by atoms with van der Waals surface area (Å²) in [6.45, 7) is 3.56. The van der Waals surface area contributed by atoms with Crippen LogP contribution >= 0.6 is 0 Å². The highest BCUT2D eigenvalue weighted by molar-refractivity contribution is 5.63. The third-order valence-electron chi connectivity index (χ3n) is 1.19. The normalized spacial score (nSPS) is 9.20. The molecule has 3 heteroatoms. The lowest BCUT2D eigenvalue weighted by molar-refractivity contribution is 1.33. The number of anilines is 2. The molecule has 0 amide bonds. The highest BCUT2D eigenvalue weighted by Crippen LogP contribution is 2.12. The molecule has 0 atom stereocenters. The van der Waals surface area contributed by atoms with Crippen molar-refractivity contribution in [3.63, 3.8) is 0 Å². The van der Waals surface area contributed by atoms with Crippen molar-refractivity contribution in [3.05, 3.63) is 24.4 Å². The molecule has 1 rings (SSSR count). The highest BCUT2D eigenvalue weighted by atomic mass is 14.8. The molecule has 0 aliphatic carbocycles. The minimum Gasteiger partial charge on any atom is -0.397 e. The molecular weight excluding hydrogens is 126 g/mol. The molecule has 0 saturated carbocycles. The van der Waals surface area contributed by atoms with E-state index in [0.29, 0.717) is 11.5 Å². The molecule has 10 heavy (non-hydrogen) atoms. The standard InChI is InChI=1S/C7H9N3/c1-2-5-3-6(8)4-10-7(5)9/h2-4H,1,8H2,(H2,9,10). The van der Waals surface area contributed by atoms with Crippen molar-refractivity contribution in [3.8, 4) is 0 Å². The van der Waals surface area contributed by atoms with Crippen molar-refractivity contribution in [2.24, 2.45) is 0 Å². The van der Waals surface area contributed by atoms with E-state index >= 15 is 0 Å². The molecule has 0 spiro atoms. The van der Waals surface area contributed by atoms with Crippen LogP contribution in [0.15, 0.2) is 18.8 Å². The third kappa shape index (κ3) is 1.07. The number of pyridine rings is 1. The second kappa shape index (κ2) is 2.39. The number of nitrogens with two attached hydrogens (primary N) is 2. The number of hydrogen-bond acceptors (Lipinski definition) is 3. The van der Waals surface area contributed by atoms with Gasteiger partial charge >= 0.3 is 0 Å². The van der Waals surface area contributed by atoms with Gasteiger partial charge in [0.25, 0.3) is 0 Å². The van der Waals surface area contributed by atoms with Gasteiger partial charge in [0.05, 0.1) is 11.9 Å². The maximum atomic E-state index is 5.46. The van der Waals surface area contributed by atoms with E-state index in [0.717, 1.165) is 5.56 Å². The van der Waals surface area contributed by atoms with E-state index in [1.165, 1.54) is 6.20 Å². The van der Waals surface area contributed by atoms with Crippen molar-refractivity contribution < 1.29 is 0 Å². The Morgan fingerprint density at radius 2 is 2.20 bits per heavy atom. The molecule has 3 nitrogen and oxygen atoms in total. The fourth-order valence-electron chi connectivity index (χ4n) is 0.673. The van der Waals surface area contributed by atoms with Crippen LogP contribution in [0.5, 0.6) is 0 Å². The van der Waals surface area contributed by atoms with E-state index in [2.05, 4.69) is 11.6 Å². The zero-order valence-electron chi connectivity index (χ0n) is 5.54. The van der Waals surface area contributed by atoms with Gasteiger partial charge in [-0.15, -0.1) is 0 Å². The molecule has 1 aromatic rings. The molecule has 52 valence electrons. The summed E-state index contributed by atoms with van der Waals surface area (Å²) in [5.74, 6) is 0.462. The molecule has 0 unspecified atom stereocenters. The molecule has 0 saturated heterocycles. The first-order chi connectivity index (χ1) is 4.74. The van der Waals surface area contributed by atoms with Crippen LogP contribution in [0.1, 0.15) is 5.56 Å². The molecule has 1 aromatic heterocycles. The Kier molecular flexibility index (Phi) is 1.58. The quantitative estimate of drug-likeness (QED) is 0.601. The van der Waals surface area contributed by atoms with E-state index in [1.54, 1.807) is 12.1 Å². The molecular formula is C7H9N3. The van der Waals surface area contributed by atoms with Gasteiger partial charge in [0.1, 0.15) is 5.82 Å². The molecule has 0 fully saturated rings. The zero-order valence-corrected chi connectivity index (χ0v) is 5.54. The highest BCUT2D eigenvalue weighted by Gasteiger charge is 1.94. The Balaban J connectivity index is 3.21. The molecule has 0 bridgehead atoms. The van der Waals surface area contributed by atoms with Gasteiger partial charge in [-0.3, -0.25) is 0 Å². The molecule has 0 aliphatic heterocycles. The van der Waals surface area contributed by atoms with Gasteiger partial charge in [0.15, 0.2) is 0 Å². The van der Waals surface area contributed by atoms with Gasteiger partial charge < -0.3 is 11.5 Å². The summed E-state index contributed by atoms with van der Waals surface area (Å²) in [5.41, 5.74) is 12.3.